The first-order valence-electron chi connectivity index (χ1n) is 6.67. The Labute approximate surface area is 114 Å². The number of carbonyl (C=O) groups is 1. The maximum atomic E-state index is 12.4. The molecule has 0 radical (unpaired) electrons. The molecule has 0 aromatic heterocycles. The van der Waals surface area contributed by atoms with Crippen molar-refractivity contribution in [1.82, 2.24) is 0 Å². The summed E-state index contributed by atoms with van der Waals surface area (Å²) in [6.07, 6.45) is 2.35. The van der Waals surface area contributed by atoms with E-state index in [2.05, 4.69) is 0 Å². The largest absolute Gasteiger partial charge is 0.399 e. The molecule has 1 aliphatic heterocycles. The number of ether oxygens (including phenoxy) is 1. The SMILES string of the molecule is COC(C)(C)CC(=O)N1CCCc2cc(N)ccc21. The van der Waals surface area contributed by atoms with Gasteiger partial charge in [0.25, 0.3) is 0 Å². The molecular formula is C15H22N2O2. The number of benzene rings is 1. The fourth-order valence-electron chi connectivity index (χ4n) is 2.41. The van der Waals surface area contributed by atoms with Gasteiger partial charge in [-0.1, -0.05) is 0 Å². The van der Waals surface area contributed by atoms with E-state index in [1.54, 1.807) is 7.11 Å². The molecule has 0 saturated heterocycles. The molecule has 1 heterocycles. The van der Waals surface area contributed by atoms with Crippen molar-refractivity contribution in [2.24, 2.45) is 0 Å². The van der Waals surface area contributed by atoms with E-state index in [9.17, 15) is 4.79 Å². The highest BCUT2D eigenvalue weighted by Gasteiger charge is 2.28. The first kappa shape index (κ1) is 13.9. The van der Waals surface area contributed by atoms with Crippen molar-refractivity contribution in [1.29, 1.82) is 0 Å². The predicted octanol–water partition coefficient (Wildman–Crippen LogP) is 2.36. The summed E-state index contributed by atoms with van der Waals surface area (Å²) in [5.41, 5.74) is 8.29. The minimum absolute atomic E-state index is 0.109. The Bertz CT molecular complexity index is 483. The Hall–Kier alpha value is -1.55. The number of carbonyl (C=O) groups excluding carboxylic acids is 1. The maximum absolute atomic E-state index is 12.4. The lowest BCUT2D eigenvalue weighted by Crippen LogP contribution is -2.40. The highest BCUT2D eigenvalue weighted by atomic mass is 16.5. The number of aryl methyl sites for hydroxylation is 1. The van der Waals surface area contributed by atoms with Crippen molar-refractivity contribution in [3.63, 3.8) is 0 Å². The molecule has 104 valence electrons. The Kier molecular flexibility index (Phi) is 3.80. The van der Waals surface area contributed by atoms with E-state index in [1.807, 2.05) is 36.9 Å². The van der Waals surface area contributed by atoms with E-state index < -0.39 is 5.60 Å². The molecule has 1 aromatic carbocycles. The average molecular weight is 262 g/mol. The molecule has 4 nitrogen and oxygen atoms in total. The van der Waals surface area contributed by atoms with Crippen molar-refractivity contribution in [3.8, 4) is 0 Å². The third-order valence-corrected chi connectivity index (χ3v) is 3.65. The van der Waals surface area contributed by atoms with Gasteiger partial charge in [0.1, 0.15) is 0 Å². The molecule has 0 fully saturated rings. The number of nitrogens with zero attached hydrogens (tertiary/aromatic N) is 1. The quantitative estimate of drug-likeness (QED) is 0.851. The smallest absolute Gasteiger partial charge is 0.229 e. The molecule has 0 bridgehead atoms. The third kappa shape index (κ3) is 3.07. The average Bonchev–Trinajstić information content (AvgIpc) is 2.37. The molecule has 2 rings (SSSR count). The van der Waals surface area contributed by atoms with Crippen LogP contribution in [0.3, 0.4) is 0 Å². The lowest BCUT2D eigenvalue weighted by molar-refractivity contribution is -0.123. The summed E-state index contributed by atoms with van der Waals surface area (Å²) in [6, 6.07) is 5.77. The molecule has 1 amide bonds. The molecular weight excluding hydrogens is 240 g/mol. The van der Waals surface area contributed by atoms with Crippen molar-refractivity contribution < 1.29 is 9.53 Å². The first-order valence-corrected chi connectivity index (χ1v) is 6.67. The van der Waals surface area contributed by atoms with Gasteiger partial charge in [-0.15, -0.1) is 0 Å². The number of anilines is 2. The van der Waals surface area contributed by atoms with Gasteiger partial charge in [-0.2, -0.15) is 0 Å². The molecule has 2 N–H and O–H groups in total. The van der Waals surface area contributed by atoms with Crippen LogP contribution in [-0.2, 0) is 16.0 Å². The molecule has 1 aromatic rings. The zero-order chi connectivity index (χ0) is 14.0. The lowest BCUT2D eigenvalue weighted by Gasteiger charge is -2.32. The summed E-state index contributed by atoms with van der Waals surface area (Å²) in [4.78, 5) is 14.3. The zero-order valence-electron chi connectivity index (χ0n) is 11.9. The van der Waals surface area contributed by atoms with Crippen LogP contribution >= 0.6 is 0 Å². The fourth-order valence-corrected chi connectivity index (χ4v) is 2.41. The number of hydrogen-bond acceptors (Lipinski definition) is 3. The topological polar surface area (TPSA) is 55.6 Å². The van der Waals surface area contributed by atoms with Gasteiger partial charge in [0.2, 0.25) is 5.91 Å². The predicted molar refractivity (Wildman–Crippen MR) is 77.2 cm³/mol. The van der Waals surface area contributed by atoms with E-state index in [4.69, 9.17) is 10.5 Å². The van der Waals surface area contributed by atoms with Gasteiger partial charge in [0.15, 0.2) is 0 Å². The minimum atomic E-state index is -0.428. The van der Waals surface area contributed by atoms with Crippen LogP contribution in [0.15, 0.2) is 18.2 Å². The second kappa shape index (κ2) is 5.21. The summed E-state index contributed by atoms with van der Waals surface area (Å²) in [5, 5.41) is 0. The van der Waals surface area contributed by atoms with Crippen LogP contribution < -0.4 is 10.6 Å². The van der Waals surface area contributed by atoms with Gasteiger partial charge in [-0.05, 0) is 50.5 Å². The Morgan fingerprint density at radius 2 is 2.21 bits per heavy atom. The van der Waals surface area contributed by atoms with Crippen LogP contribution in [0.25, 0.3) is 0 Å². The summed E-state index contributed by atoms with van der Waals surface area (Å²) >= 11 is 0. The Balaban J connectivity index is 2.22. The highest BCUT2D eigenvalue weighted by molar-refractivity contribution is 5.95. The number of nitrogen functional groups attached to an aromatic ring is 1. The molecule has 1 aliphatic rings. The molecule has 0 spiro atoms. The molecule has 0 atom stereocenters. The first-order chi connectivity index (χ1) is 8.93. The van der Waals surface area contributed by atoms with Crippen molar-refractivity contribution in [2.45, 2.75) is 38.7 Å². The van der Waals surface area contributed by atoms with Crippen LogP contribution in [-0.4, -0.2) is 25.2 Å². The van der Waals surface area contributed by atoms with Gasteiger partial charge in [0.05, 0.1) is 12.0 Å². The summed E-state index contributed by atoms with van der Waals surface area (Å²) in [6.45, 7) is 4.63. The highest BCUT2D eigenvalue weighted by Crippen LogP contribution is 2.30. The van der Waals surface area contributed by atoms with Gasteiger partial charge >= 0.3 is 0 Å². The van der Waals surface area contributed by atoms with Crippen molar-refractivity contribution in [3.05, 3.63) is 23.8 Å². The van der Waals surface area contributed by atoms with Crippen LogP contribution in [0, 0.1) is 0 Å². The van der Waals surface area contributed by atoms with E-state index in [-0.39, 0.29) is 5.91 Å². The van der Waals surface area contributed by atoms with Crippen molar-refractivity contribution in [2.75, 3.05) is 24.3 Å². The monoisotopic (exact) mass is 262 g/mol. The van der Waals surface area contributed by atoms with E-state index in [0.717, 1.165) is 36.3 Å². The normalized spacial score (nSPS) is 15.2. The van der Waals surface area contributed by atoms with E-state index in [0.29, 0.717) is 6.42 Å². The molecule has 0 unspecified atom stereocenters. The van der Waals surface area contributed by atoms with Gasteiger partial charge < -0.3 is 15.4 Å². The number of nitrogens with two attached hydrogens (primary N) is 1. The number of hydrogen-bond donors (Lipinski definition) is 1. The number of amides is 1. The van der Waals surface area contributed by atoms with Crippen LogP contribution in [0.1, 0.15) is 32.3 Å². The minimum Gasteiger partial charge on any atom is -0.399 e. The maximum Gasteiger partial charge on any atom is 0.229 e. The fraction of sp³-hybridized carbons (Fsp3) is 0.533. The third-order valence-electron chi connectivity index (χ3n) is 3.65. The summed E-state index contributed by atoms with van der Waals surface area (Å²) in [5.74, 6) is 0.109. The summed E-state index contributed by atoms with van der Waals surface area (Å²) in [7, 11) is 1.64. The Morgan fingerprint density at radius 1 is 1.47 bits per heavy atom. The summed E-state index contributed by atoms with van der Waals surface area (Å²) < 4.78 is 5.34. The van der Waals surface area contributed by atoms with Crippen LogP contribution in [0.5, 0.6) is 0 Å². The van der Waals surface area contributed by atoms with Crippen LogP contribution in [0.2, 0.25) is 0 Å². The van der Waals surface area contributed by atoms with Gasteiger partial charge in [0, 0.05) is 25.0 Å². The second-order valence-corrected chi connectivity index (χ2v) is 5.68. The zero-order valence-corrected chi connectivity index (χ0v) is 11.9. The van der Waals surface area contributed by atoms with Crippen molar-refractivity contribution >= 4 is 17.3 Å². The van der Waals surface area contributed by atoms with E-state index >= 15 is 0 Å². The molecule has 0 aliphatic carbocycles. The standard InChI is InChI=1S/C15H22N2O2/c1-15(2,19-3)10-14(18)17-8-4-5-11-9-12(16)6-7-13(11)17/h6-7,9H,4-5,8,10,16H2,1-3H3. The number of rotatable bonds is 3. The number of fused-ring (bicyclic) bond motifs is 1. The van der Waals surface area contributed by atoms with Gasteiger partial charge in [-0.3, -0.25) is 4.79 Å². The second-order valence-electron chi connectivity index (χ2n) is 5.68. The molecule has 4 heteroatoms. The van der Waals surface area contributed by atoms with E-state index in [1.165, 1.54) is 0 Å². The Morgan fingerprint density at radius 3 is 2.89 bits per heavy atom. The molecule has 19 heavy (non-hydrogen) atoms. The molecule has 0 saturated carbocycles. The lowest BCUT2D eigenvalue weighted by atomic mass is 9.98. The number of methoxy groups -OCH3 is 1. The van der Waals surface area contributed by atoms with Gasteiger partial charge in [-0.25, -0.2) is 0 Å². The van der Waals surface area contributed by atoms with Crippen LogP contribution in [0.4, 0.5) is 11.4 Å².